The van der Waals surface area contributed by atoms with Gasteiger partial charge in [-0.15, -0.1) is 0 Å². The van der Waals surface area contributed by atoms with Crippen LogP contribution < -0.4 is 16.0 Å². The number of aliphatic carboxylic acids is 1. The normalized spacial score (nSPS) is 10.6. The van der Waals surface area contributed by atoms with Gasteiger partial charge in [0.15, 0.2) is 0 Å². The molecule has 3 rings (SSSR count). The van der Waals surface area contributed by atoms with E-state index in [1.54, 1.807) is 29.7 Å². The minimum Gasteiger partial charge on any atom is -0.480 e. The molecule has 0 atom stereocenters. The van der Waals surface area contributed by atoms with Gasteiger partial charge < -0.3 is 21.1 Å². The van der Waals surface area contributed by atoms with Gasteiger partial charge in [0, 0.05) is 30.4 Å². The second-order valence-electron chi connectivity index (χ2n) is 7.49. The lowest BCUT2D eigenvalue weighted by atomic mass is 10.2. The van der Waals surface area contributed by atoms with E-state index in [-0.39, 0.29) is 23.8 Å². The molecule has 10 heteroatoms. The molecule has 0 aliphatic heterocycles. The number of fused-ring (bicyclic) bond motifs is 1. The zero-order valence-electron chi connectivity index (χ0n) is 18.3. The van der Waals surface area contributed by atoms with Crippen LogP contribution >= 0.6 is 0 Å². The van der Waals surface area contributed by atoms with Gasteiger partial charge in [-0.2, -0.15) is 0 Å². The number of anilines is 1. The molecule has 10 nitrogen and oxygen atoms in total. The highest BCUT2D eigenvalue weighted by molar-refractivity contribution is 5.97. The molecule has 33 heavy (non-hydrogen) atoms. The van der Waals surface area contributed by atoms with Gasteiger partial charge in [0.25, 0.3) is 11.8 Å². The van der Waals surface area contributed by atoms with Crippen LogP contribution in [-0.4, -0.2) is 51.3 Å². The standard InChI is InChI=1S/C23H25N5O5/c1-14-5-4-12-28-20(15(2)26-21(14)28)23(33)24-11-3-6-18(29)27-17-9-7-16(8-10-17)22(32)25-13-19(30)31/h4-5,7-10,12H,3,6,11,13H2,1-2H3,(H,24,33)(H,25,32)(H,27,29)(H,30,31). The fourth-order valence-electron chi connectivity index (χ4n) is 3.31. The average Bonchev–Trinajstić information content (AvgIpc) is 3.12. The first-order chi connectivity index (χ1) is 15.8. The van der Waals surface area contributed by atoms with Crippen molar-refractivity contribution in [2.45, 2.75) is 26.7 Å². The SMILES string of the molecule is Cc1nc2c(C)cccn2c1C(=O)NCCCC(=O)Nc1ccc(C(=O)NCC(=O)O)cc1. The lowest BCUT2D eigenvalue weighted by molar-refractivity contribution is -0.135. The maximum absolute atomic E-state index is 12.6. The fourth-order valence-corrected chi connectivity index (χ4v) is 3.31. The van der Waals surface area contributed by atoms with Crippen LogP contribution in [0.5, 0.6) is 0 Å². The zero-order valence-corrected chi connectivity index (χ0v) is 18.3. The first-order valence-electron chi connectivity index (χ1n) is 10.4. The Bertz CT molecular complexity index is 1200. The number of benzene rings is 1. The van der Waals surface area contributed by atoms with Crippen molar-refractivity contribution in [3.05, 3.63) is 65.1 Å². The average molecular weight is 451 g/mol. The molecule has 0 spiro atoms. The van der Waals surface area contributed by atoms with E-state index in [4.69, 9.17) is 5.11 Å². The number of hydrogen-bond acceptors (Lipinski definition) is 5. The second-order valence-corrected chi connectivity index (χ2v) is 7.49. The Labute approximate surface area is 190 Å². The van der Waals surface area contributed by atoms with Crippen LogP contribution in [0.2, 0.25) is 0 Å². The summed E-state index contributed by atoms with van der Waals surface area (Å²) in [5.41, 5.74) is 3.63. The third kappa shape index (κ3) is 5.94. The topological polar surface area (TPSA) is 142 Å². The Balaban J connectivity index is 1.45. The number of nitrogens with one attached hydrogen (secondary N) is 3. The summed E-state index contributed by atoms with van der Waals surface area (Å²) in [4.78, 5) is 51.6. The zero-order chi connectivity index (χ0) is 24.0. The Kier molecular flexibility index (Phi) is 7.39. The maximum Gasteiger partial charge on any atom is 0.322 e. The highest BCUT2D eigenvalue weighted by atomic mass is 16.4. The lowest BCUT2D eigenvalue weighted by Crippen LogP contribution is -2.29. The van der Waals surface area contributed by atoms with Crippen molar-refractivity contribution in [2.75, 3.05) is 18.4 Å². The molecule has 0 aliphatic rings. The summed E-state index contributed by atoms with van der Waals surface area (Å²) in [5.74, 6) is -2.12. The molecule has 0 radical (unpaired) electrons. The summed E-state index contributed by atoms with van der Waals surface area (Å²) in [6, 6.07) is 9.90. The van der Waals surface area contributed by atoms with E-state index in [0.29, 0.717) is 30.0 Å². The highest BCUT2D eigenvalue weighted by Gasteiger charge is 2.17. The van der Waals surface area contributed by atoms with Crippen molar-refractivity contribution in [3.8, 4) is 0 Å². The molecule has 4 N–H and O–H groups in total. The predicted molar refractivity (Wildman–Crippen MR) is 121 cm³/mol. The number of carboxylic acids is 1. The lowest BCUT2D eigenvalue weighted by Gasteiger charge is -2.08. The fraction of sp³-hybridized carbons (Fsp3) is 0.261. The first kappa shape index (κ1) is 23.5. The van der Waals surface area contributed by atoms with Gasteiger partial charge >= 0.3 is 5.97 Å². The molecule has 3 amide bonds. The van der Waals surface area contributed by atoms with Gasteiger partial charge in [-0.3, -0.25) is 23.6 Å². The quantitative estimate of drug-likeness (QED) is 0.366. The monoisotopic (exact) mass is 451 g/mol. The van der Waals surface area contributed by atoms with E-state index in [1.807, 2.05) is 19.1 Å². The molecule has 1 aromatic carbocycles. The molecule has 2 aromatic heterocycles. The van der Waals surface area contributed by atoms with Gasteiger partial charge in [-0.25, -0.2) is 4.98 Å². The summed E-state index contributed by atoms with van der Waals surface area (Å²) >= 11 is 0. The van der Waals surface area contributed by atoms with Crippen molar-refractivity contribution in [2.24, 2.45) is 0 Å². The van der Waals surface area contributed by atoms with Crippen LogP contribution in [0, 0.1) is 13.8 Å². The Morgan fingerprint density at radius 2 is 1.73 bits per heavy atom. The summed E-state index contributed by atoms with van der Waals surface area (Å²) in [6.07, 6.45) is 2.44. The number of amides is 3. The van der Waals surface area contributed by atoms with Crippen LogP contribution in [0.25, 0.3) is 5.65 Å². The summed E-state index contributed by atoms with van der Waals surface area (Å²) in [7, 11) is 0. The Morgan fingerprint density at radius 3 is 2.42 bits per heavy atom. The van der Waals surface area contributed by atoms with Crippen LogP contribution in [-0.2, 0) is 9.59 Å². The van der Waals surface area contributed by atoms with Crippen LogP contribution in [0.15, 0.2) is 42.6 Å². The van der Waals surface area contributed by atoms with Crippen LogP contribution in [0.1, 0.15) is 44.9 Å². The third-order valence-corrected chi connectivity index (χ3v) is 4.93. The molecule has 172 valence electrons. The number of aromatic nitrogens is 2. The molecule has 3 aromatic rings. The minimum absolute atomic E-state index is 0.201. The maximum atomic E-state index is 12.6. The van der Waals surface area contributed by atoms with Crippen molar-refractivity contribution < 1.29 is 24.3 Å². The van der Waals surface area contributed by atoms with Crippen molar-refractivity contribution >= 4 is 35.0 Å². The molecule has 0 unspecified atom stereocenters. The van der Waals surface area contributed by atoms with Gasteiger partial charge in [0.2, 0.25) is 5.91 Å². The van der Waals surface area contributed by atoms with E-state index in [1.165, 1.54) is 12.1 Å². The predicted octanol–water partition coefficient (Wildman–Crippen LogP) is 1.91. The number of nitrogens with zero attached hydrogens (tertiary/aromatic N) is 2. The van der Waals surface area contributed by atoms with Crippen molar-refractivity contribution in [1.29, 1.82) is 0 Å². The number of carboxylic acid groups (broad SMARTS) is 1. The number of pyridine rings is 1. The molecule has 0 saturated heterocycles. The number of imidazole rings is 1. The molecule has 0 saturated carbocycles. The van der Waals surface area contributed by atoms with Gasteiger partial charge in [-0.05, 0) is 56.2 Å². The molecule has 0 bridgehead atoms. The largest absolute Gasteiger partial charge is 0.480 e. The molecular weight excluding hydrogens is 426 g/mol. The van der Waals surface area contributed by atoms with E-state index < -0.39 is 18.4 Å². The second kappa shape index (κ2) is 10.4. The van der Waals surface area contributed by atoms with E-state index in [9.17, 15) is 19.2 Å². The number of hydrogen-bond donors (Lipinski definition) is 4. The summed E-state index contributed by atoms with van der Waals surface area (Å²) in [6.45, 7) is 3.58. The van der Waals surface area contributed by atoms with E-state index in [0.717, 1.165) is 11.2 Å². The number of rotatable bonds is 9. The molecule has 0 aliphatic carbocycles. The van der Waals surface area contributed by atoms with Gasteiger partial charge in [-0.1, -0.05) is 6.07 Å². The molecule has 2 heterocycles. The number of aryl methyl sites for hydroxylation is 2. The van der Waals surface area contributed by atoms with E-state index >= 15 is 0 Å². The smallest absolute Gasteiger partial charge is 0.322 e. The molecular formula is C23H25N5O5. The Morgan fingerprint density at radius 1 is 1.00 bits per heavy atom. The van der Waals surface area contributed by atoms with Crippen LogP contribution in [0.3, 0.4) is 0 Å². The number of carbonyl (C=O) groups is 4. The van der Waals surface area contributed by atoms with Gasteiger partial charge in [0.05, 0.1) is 5.69 Å². The minimum atomic E-state index is -1.13. The third-order valence-electron chi connectivity index (χ3n) is 4.93. The first-order valence-corrected chi connectivity index (χ1v) is 10.4. The van der Waals surface area contributed by atoms with Crippen LogP contribution in [0.4, 0.5) is 5.69 Å². The van der Waals surface area contributed by atoms with E-state index in [2.05, 4.69) is 20.9 Å². The van der Waals surface area contributed by atoms with Crippen molar-refractivity contribution in [3.63, 3.8) is 0 Å². The summed E-state index contributed by atoms with van der Waals surface area (Å²) < 4.78 is 1.76. The number of carbonyl (C=O) groups excluding carboxylic acids is 3. The molecule has 0 fully saturated rings. The summed E-state index contributed by atoms with van der Waals surface area (Å²) in [5, 5.41) is 16.4. The van der Waals surface area contributed by atoms with Crippen molar-refractivity contribution in [1.82, 2.24) is 20.0 Å². The highest BCUT2D eigenvalue weighted by Crippen LogP contribution is 2.15. The Hall–Kier alpha value is -4.21. The van der Waals surface area contributed by atoms with Gasteiger partial charge in [0.1, 0.15) is 17.9 Å².